The molecule has 2 rings (SSSR count). The molecule has 62 valence electrons. The molecule has 0 bridgehead atoms. The van der Waals surface area contributed by atoms with Crippen molar-refractivity contribution in [1.29, 1.82) is 0 Å². The number of benzene rings is 1. The second-order valence-electron chi connectivity index (χ2n) is 2.58. The quantitative estimate of drug-likeness (QED) is 0.701. The summed E-state index contributed by atoms with van der Waals surface area (Å²) in [5, 5.41) is 3.35. The van der Waals surface area contributed by atoms with Crippen molar-refractivity contribution in [3.63, 3.8) is 0 Å². The van der Waals surface area contributed by atoms with Crippen LogP contribution in [0.25, 0.3) is 0 Å². The van der Waals surface area contributed by atoms with Gasteiger partial charge in [0.1, 0.15) is 4.83 Å². The Bertz CT molecular complexity index is 353. The maximum Gasteiger partial charge on any atom is 0.242 e. The third kappa shape index (κ3) is 1.13. The number of hydrogen-bond donors (Lipinski definition) is 1. The zero-order chi connectivity index (χ0) is 8.72. The van der Waals surface area contributed by atoms with Crippen molar-refractivity contribution in [2.24, 2.45) is 0 Å². The van der Waals surface area contributed by atoms with Gasteiger partial charge < -0.3 is 5.32 Å². The fraction of sp³-hybridized carbons (Fsp3) is 0.125. The summed E-state index contributed by atoms with van der Waals surface area (Å²) in [6, 6.07) is 5.36. The molecule has 0 radical (unpaired) electrons. The summed E-state index contributed by atoms with van der Waals surface area (Å²) < 4.78 is 0. The first-order valence-corrected chi connectivity index (χ1v) is 4.72. The number of hydrogen-bond acceptors (Lipinski definition) is 1. The topological polar surface area (TPSA) is 29.1 Å². The van der Waals surface area contributed by atoms with E-state index in [0.717, 1.165) is 11.3 Å². The minimum atomic E-state index is -0.232. The first-order chi connectivity index (χ1) is 5.68. The molecule has 0 fully saturated rings. The van der Waals surface area contributed by atoms with Gasteiger partial charge in [0.2, 0.25) is 5.91 Å². The van der Waals surface area contributed by atoms with Crippen LogP contribution >= 0.6 is 27.5 Å². The number of halogens is 2. The minimum Gasteiger partial charge on any atom is -0.324 e. The Kier molecular flexibility index (Phi) is 1.85. The van der Waals surface area contributed by atoms with Gasteiger partial charge in [0.15, 0.2) is 0 Å². The van der Waals surface area contributed by atoms with Crippen molar-refractivity contribution in [2.75, 3.05) is 5.32 Å². The number of rotatable bonds is 0. The summed E-state index contributed by atoms with van der Waals surface area (Å²) in [5.41, 5.74) is 1.75. The average Bonchev–Trinajstić information content (AvgIpc) is 2.28. The lowest BCUT2D eigenvalue weighted by Crippen LogP contribution is -2.06. The monoisotopic (exact) mass is 245 g/mol. The van der Waals surface area contributed by atoms with Gasteiger partial charge in [0, 0.05) is 10.7 Å². The molecule has 0 saturated carbocycles. The molecule has 0 saturated heterocycles. The molecule has 1 N–H and O–H groups in total. The summed E-state index contributed by atoms with van der Waals surface area (Å²) >= 11 is 9.02. The van der Waals surface area contributed by atoms with Crippen LogP contribution in [-0.4, -0.2) is 5.91 Å². The Balaban J connectivity index is 2.54. The van der Waals surface area contributed by atoms with Gasteiger partial charge in [-0.25, -0.2) is 0 Å². The van der Waals surface area contributed by atoms with Crippen molar-refractivity contribution >= 4 is 39.1 Å². The van der Waals surface area contributed by atoms with Crippen LogP contribution in [0.2, 0.25) is 5.02 Å². The van der Waals surface area contributed by atoms with Crippen LogP contribution < -0.4 is 5.32 Å². The van der Waals surface area contributed by atoms with Gasteiger partial charge in [-0.2, -0.15) is 0 Å². The Morgan fingerprint density at radius 3 is 3.00 bits per heavy atom. The predicted octanol–water partition coefficient (Wildman–Crippen LogP) is 2.73. The Morgan fingerprint density at radius 2 is 2.25 bits per heavy atom. The minimum absolute atomic E-state index is 0.0349. The van der Waals surface area contributed by atoms with Crippen molar-refractivity contribution in [3.8, 4) is 0 Å². The summed E-state index contributed by atoms with van der Waals surface area (Å²) in [6.07, 6.45) is 0. The van der Waals surface area contributed by atoms with Crippen molar-refractivity contribution in [1.82, 2.24) is 0 Å². The summed E-state index contributed by atoms with van der Waals surface area (Å²) in [4.78, 5) is 10.9. The number of amides is 1. The molecular weight excluding hydrogens is 241 g/mol. The Hall–Kier alpha value is -0.540. The van der Waals surface area contributed by atoms with Crippen LogP contribution in [0.5, 0.6) is 0 Å². The molecule has 0 aromatic heterocycles. The van der Waals surface area contributed by atoms with E-state index in [1.807, 2.05) is 6.07 Å². The largest absolute Gasteiger partial charge is 0.324 e. The van der Waals surface area contributed by atoms with E-state index in [-0.39, 0.29) is 10.7 Å². The van der Waals surface area contributed by atoms with Crippen molar-refractivity contribution < 1.29 is 4.79 Å². The van der Waals surface area contributed by atoms with Crippen LogP contribution in [0.15, 0.2) is 18.2 Å². The second-order valence-corrected chi connectivity index (χ2v) is 3.94. The molecular formula is C8H5BrClNO. The fourth-order valence-corrected chi connectivity index (χ4v) is 1.88. The molecule has 1 aliphatic rings. The molecule has 0 aliphatic carbocycles. The van der Waals surface area contributed by atoms with Gasteiger partial charge in [-0.15, -0.1) is 0 Å². The summed E-state index contributed by atoms with van der Waals surface area (Å²) in [7, 11) is 0. The highest BCUT2D eigenvalue weighted by atomic mass is 79.9. The van der Waals surface area contributed by atoms with Gasteiger partial charge in [-0.3, -0.25) is 4.79 Å². The molecule has 1 aromatic rings. The molecule has 1 unspecified atom stereocenters. The number of carbonyl (C=O) groups is 1. The lowest BCUT2D eigenvalue weighted by Gasteiger charge is -1.98. The maximum absolute atomic E-state index is 11.1. The predicted molar refractivity (Wildman–Crippen MR) is 51.7 cm³/mol. The molecule has 1 aliphatic heterocycles. The highest BCUT2D eigenvalue weighted by Gasteiger charge is 2.27. The average molecular weight is 246 g/mol. The molecule has 0 spiro atoms. The van der Waals surface area contributed by atoms with Crippen LogP contribution in [-0.2, 0) is 4.79 Å². The van der Waals surface area contributed by atoms with Crippen LogP contribution in [0, 0.1) is 0 Å². The van der Waals surface area contributed by atoms with E-state index < -0.39 is 0 Å². The Morgan fingerprint density at radius 1 is 1.50 bits per heavy atom. The van der Waals surface area contributed by atoms with E-state index >= 15 is 0 Å². The first-order valence-electron chi connectivity index (χ1n) is 3.43. The standard InChI is InChI=1S/C8H5BrClNO/c9-7-5-2-1-4(10)3-6(5)11-8(7)12/h1-3,7H,(H,11,12). The van der Waals surface area contributed by atoms with E-state index in [2.05, 4.69) is 21.2 Å². The summed E-state index contributed by atoms with van der Waals surface area (Å²) in [5.74, 6) is -0.0349. The molecule has 1 heterocycles. The first kappa shape index (κ1) is 8.08. The third-order valence-electron chi connectivity index (χ3n) is 1.78. The van der Waals surface area contributed by atoms with Gasteiger partial charge in [-0.1, -0.05) is 33.6 Å². The number of nitrogens with one attached hydrogen (secondary N) is 1. The lowest BCUT2D eigenvalue weighted by molar-refractivity contribution is -0.115. The zero-order valence-corrected chi connectivity index (χ0v) is 8.32. The normalized spacial score (nSPS) is 20.5. The number of alkyl halides is 1. The molecule has 1 amide bonds. The van der Waals surface area contributed by atoms with E-state index in [4.69, 9.17) is 11.6 Å². The van der Waals surface area contributed by atoms with Gasteiger partial charge in [-0.05, 0) is 17.7 Å². The van der Waals surface area contributed by atoms with E-state index in [1.54, 1.807) is 12.1 Å². The zero-order valence-electron chi connectivity index (χ0n) is 5.97. The lowest BCUT2D eigenvalue weighted by atomic mass is 10.2. The smallest absolute Gasteiger partial charge is 0.242 e. The third-order valence-corrected chi connectivity index (χ3v) is 2.92. The maximum atomic E-state index is 11.1. The van der Waals surface area contributed by atoms with Crippen molar-refractivity contribution in [2.45, 2.75) is 4.83 Å². The molecule has 4 heteroatoms. The highest BCUT2D eigenvalue weighted by Crippen LogP contribution is 2.37. The van der Waals surface area contributed by atoms with E-state index in [1.165, 1.54) is 0 Å². The second kappa shape index (κ2) is 2.75. The van der Waals surface area contributed by atoms with Gasteiger partial charge in [0.05, 0.1) is 0 Å². The van der Waals surface area contributed by atoms with Crippen LogP contribution in [0.3, 0.4) is 0 Å². The number of anilines is 1. The Labute approximate surface area is 83.0 Å². The molecule has 2 nitrogen and oxygen atoms in total. The van der Waals surface area contributed by atoms with Gasteiger partial charge in [0.25, 0.3) is 0 Å². The highest BCUT2D eigenvalue weighted by molar-refractivity contribution is 9.09. The fourth-order valence-electron chi connectivity index (χ4n) is 1.20. The van der Waals surface area contributed by atoms with E-state index in [0.29, 0.717) is 5.02 Å². The molecule has 12 heavy (non-hydrogen) atoms. The molecule has 1 aromatic carbocycles. The number of fused-ring (bicyclic) bond motifs is 1. The molecule has 1 atom stereocenters. The van der Waals surface area contributed by atoms with E-state index in [9.17, 15) is 4.79 Å². The van der Waals surface area contributed by atoms with Crippen LogP contribution in [0.1, 0.15) is 10.4 Å². The van der Waals surface area contributed by atoms with Gasteiger partial charge >= 0.3 is 0 Å². The SMILES string of the molecule is O=C1Nc2cc(Cl)ccc2C1Br. The summed E-state index contributed by atoms with van der Waals surface area (Å²) in [6.45, 7) is 0. The van der Waals surface area contributed by atoms with Crippen molar-refractivity contribution in [3.05, 3.63) is 28.8 Å². The number of carbonyl (C=O) groups excluding carboxylic acids is 1. The van der Waals surface area contributed by atoms with Crippen LogP contribution in [0.4, 0.5) is 5.69 Å².